The first-order valence-corrected chi connectivity index (χ1v) is 8.81. The Morgan fingerprint density at radius 1 is 1.08 bits per heavy atom. The maximum atomic E-state index is 12.7. The molecular weight excluding hydrogens is 314 g/mol. The molecule has 0 aliphatic carbocycles. The molecule has 5 heteroatoms. The van der Waals surface area contributed by atoms with Crippen LogP contribution in [0, 0.1) is 18.8 Å². The molecule has 2 amide bonds. The standard InChI is InChI=1S/C20H23N3O2/c1-13-6-3-4-7-16(13)19-17-12-22(20(25)18-8-5-9-21-18)10-15(17)11-23(19)14(2)24/h3-9,15,17,19,21H,10-12H2,1-2H3/t15-,17-,19-/m1/s1. The van der Waals surface area contributed by atoms with Crippen molar-refractivity contribution < 1.29 is 9.59 Å². The van der Waals surface area contributed by atoms with E-state index in [1.807, 2.05) is 34.1 Å². The lowest BCUT2D eigenvalue weighted by Crippen LogP contribution is -2.36. The molecule has 2 aliphatic heterocycles. The summed E-state index contributed by atoms with van der Waals surface area (Å²) in [7, 11) is 0. The molecule has 0 unspecified atom stereocenters. The summed E-state index contributed by atoms with van der Waals surface area (Å²) in [5, 5.41) is 0. The first kappa shape index (κ1) is 15.9. The minimum absolute atomic E-state index is 0.0531. The van der Waals surface area contributed by atoms with Gasteiger partial charge in [0.15, 0.2) is 0 Å². The van der Waals surface area contributed by atoms with Gasteiger partial charge >= 0.3 is 0 Å². The van der Waals surface area contributed by atoms with Gasteiger partial charge in [-0.3, -0.25) is 9.59 Å². The minimum atomic E-state index is 0.0531. The van der Waals surface area contributed by atoms with Crippen LogP contribution in [-0.4, -0.2) is 46.2 Å². The van der Waals surface area contributed by atoms with Crippen LogP contribution in [0.5, 0.6) is 0 Å². The Morgan fingerprint density at radius 2 is 1.88 bits per heavy atom. The average molecular weight is 337 g/mol. The van der Waals surface area contributed by atoms with Crippen molar-refractivity contribution in [1.29, 1.82) is 0 Å². The molecule has 0 spiro atoms. The number of benzene rings is 1. The summed E-state index contributed by atoms with van der Waals surface area (Å²) in [4.78, 5) is 31.8. The predicted molar refractivity (Wildman–Crippen MR) is 95.0 cm³/mol. The largest absolute Gasteiger partial charge is 0.357 e. The summed E-state index contributed by atoms with van der Waals surface area (Å²) in [6.45, 7) is 5.89. The van der Waals surface area contributed by atoms with Gasteiger partial charge in [-0.25, -0.2) is 0 Å². The Labute approximate surface area is 147 Å². The second-order valence-electron chi connectivity index (χ2n) is 7.19. The minimum Gasteiger partial charge on any atom is -0.357 e. The van der Waals surface area contributed by atoms with Gasteiger partial charge in [0.25, 0.3) is 5.91 Å². The highest BCUT2D eigenvalue weighted by atomic mass is 16.2. The number of aryl methyl sites for hydroxylation is 1. The topological polar surface area (TPSA) is 56.4 Å². The molecule has 25 heavy (non-hydrogen) atoms. The monoisotopic (exact) mass is 337 g/mol. The first-order valence-electron chi connectivity index (χ1n) is 8.81. The van der Waals surface area contributed by atoms with Gasteiger partial charge in [0.2, 0.25) is 5.91 Å². The number of fused-ring (bicyclic) bond motifs is 1. The number of hydrogen-bond donors (Lipinski definition) is 1. The summed E-state index contributed by atoms with van der Waals surface area (Å²) in [6, 6.07) is 12.0. The van der Waals surface area contributed by atoms with Crippen LogP contribution in [0.2, 0.25) is 0 Å². The van der Waals surface area contributed by atoms with Crippen LogP contribution in [-0.2, 0) is 4.79 Å². The maximum Gasteiger partial charge on any atom is 0.270 e. The number of rotatable bonds is 2. The highest BCUT2D eigenvalue weighted by Gasteiger charge is 2.49. The number of hydrogen-bond acceptors (Lipinski definition) is 2. The number of H-pyrrole nitrogens is 1. The van der Waals surface area contributed by atoms with Crippen molar-refractivity contribution in [3.05, 3.63) is 59.4 Å². The summed E-state index contributed by atoms with van der Waals surface area (Å²) in [6.07, 6.45) is 1.78. The highest BCUT2D eigenvalue weighted by molar-refractivity contribution is 5.92. The van der Waals surface area contributed by atoms with Crippen molar-refractivity contribution in [2.24, 2.45) is 11.8 Å². The molecule has 2 saturated heterocycles. The van der Waals surface area contributed by atoms with Crippen LogP contribution in [0.15, 0.2) is 42.6 Å². The zero-order valence-electron chi connectivity index (χ0n) is 14.6. The molecule has 3 atom stereocenters. The van der Waals surface area contributed by atoms with Crippen LogP contribution in [0.4, 0.5) is 0 Å². The number of amides is 2. The van der Waals surface area contributed by atoms with Crippen LogP contribution in [0.1, 0.15) is 34.6 Å². The van der Waals surface area contributed by atoms with E-state index in [1.54, 1.807) is 13.1 Å². The van der Waals surface area contributed by atoms with Crippen molar-refractivity contribution >= 4 is 11.8 Å². The third-order valence-corrected chi connectivity index (χ3v) is 5.69. The molecule has 0 saturated carbocycles. The van der Waals surface area contributed by atoms with Crippen molar-refractivity contribution in [3.8, 4) is 0 Å². The third kappa shape index (κ3) is 2.64. The molecule has 4 rings (SSSR count). The SMILES string of the molecule is CC(=O)N1C[C@H]2CN(C(=O)c3ccc[nH]3)C[C@H]2[C@H]1c1ccccc1C. The van der Waals surface area contributed by atoms with Gasteiger partial charge < -0.3 is 14.8 Å². The molecule has 2 aliphatic rings. The number of aromatic amines is 1. The lowest BCUT2D eigenvalue weighted by atomic mass is 9.87. The van der Waals surface area contributed by atoms with Crippen LogP contribution >= 0.6 is 0 Å². The molecule has 1 N–H and O–H groups in total. The Balaban J connectivity index is 1.63. The van der Waals surface area contributed by atoms with Crippen LogP contribution in [0.25, 0.3) is 0 Å². The average Bonchev–Trinajstić information content (AvgIpc) is 3.30. The van der Waals surface area contributed by atoms with E-state index in [9.17, 15) is 9.59 Å². The molecule has 2 aromatic rings. The maximum absolute atomic E-state index is 12.7. The number of carbonyl (C=O) groups excluding carboxylic acids is 2. The smallest absolute Gasteiger partial charge is 0.270 e. The second kappa shape index (κ2) is 6.06. The number of nitrogens with zero attached hydrogens (tertiary/aromatic N) is 2. The van der Waals surface area contributed by atoms with Crippen molar-refractivity contribution in [3.63, 3.8) is 0 Å². The number of likely N-dealkylation sites (tertiary alicyclic amines) is 2. The van der Waals surface area contributed by atoms with E-state index in [2.05, 4.69) is 24.0 Å². The lowest BCUT2D eigenvalue weighted by molar-refractivity contribution is -0.130. The molecule has 130 valence electrons. The Morgan fingerprint density at radius 3 is 2.56 bits per heavy atom. The zero-order valence-corrected chi connectivity index (χ0v) is 14.6. The molecule has 1 aromatic heterocycles. The van der Waals surface area contributed by atoms with Gasteiger partial charge in [0, 0.05) is 44.6 Å². The Hall–Kier alpha value is -2.56. The van der Waals surface area contributed by atoms with Crippen LogP contribution in [0.3, 0.4) is 0 Å². The first-order chi connectivity index (χ1) is 12.1. The number of carbonyl (C=O) groups is 2. The summed E-state index contributed by atoms with van der Waals surface area (Å²) in [5.74, 6) is 0.804. The molecular formula is C20H23N3O2. The van der Waals surface area contributed by atoms with E-state index < -0.39 is 0 Å². The molecule has 0 bridgehead atoms. The van der Waals surface area contributed by atoms with Crippen molar-refractivity contribution in [2.45, 2.75) is 19.9 Å². The third-order valence-electron chi connectivity index (χ3n) is 5.69. The van der Waals surface area contributed by atoms with Gasteiger partial charge in [0.1, 0.15) is 5.69 Å². The van der Waals surface area contributed by atoms with Crippen molar-refractivity contribution in [1.82, 2.24) is 14.8 Å². The number of aromatic nitrogens is 1. The van der Waals surface area contributed by atoms with Gasteiger partial charge in [-0.2, -0.15) is 0 Å². The van der Waals surface area contributed by atoms with E-state index in [4.69, 9.17) is 0 Å². The quantitative estimate of drug-likeness (QED) is 0.916. The van der Waals surface area contributed by atoms with Crippen molar-refractivity contribution in [2.75, 3.05) is 19.6 Å². The zero-order chi connectivity index (χ0) is 17.6. The number of nitrogens with one attached hydrogen (secondary N) is 1. The fourth-order valence-electron chi connectivity index (χ4n) is 4.49. The van der Waals surface area contributed by atoms with E-state index in [1.165, 1.54) is 11.1 Å². The Kier molecular flexibility index (Phi) is 3.86. The summed E-state index contributed by atoms with van der Waals surface area (Å²) >= 11 is 0. The molecule has 1 aromatic carbocycles. The molecule has 5 nitrogen and oxygen atoms in total. The van der Waals surface area contributed by atoms with Crippen LogP contribution < -0.4 is 0 Å². The highest BCUT2D eigenvalue weighted by Crippen LogP contribution is 2.45. The van der Waals surface area contributed by atoms with E-state index in [0.717, 1.165) is 6.54 Å². The fraction of sp³-hybridized carbons (Fsp3) is 0.400. The van der Waals surface area contributed by atoms with Gasteiger partial charge in [-0.05, 0) is 30.2 Å². The van der Waals surface area contributed by atoms with E-state index in [-0.39, 0.29) is 17.9 Å². The van der Waals surface area contributed by atoms with Gasteiger partial charge in [0.05, 0.1) is 6.04 Å². The lowest BCUT2D eigenvalue weighted by Gasteiger charge is -2.30. The molecule has 3 heterocycles. The second-order valence-corrected chi connectivity index (χ2v) is 7.19. The normalized spacial score (nSPS) is 25.3. The molecule has 2 fully saturated rings. The van der Waals surface area contributed by atoms with E-state index >= 15 is 0 Å². The predicted octanol–water partition coefficient (Wildman–Crippen LogP) is 2.61. The Bertz CT molecular complexity index is 799. The van der Waals surface area contributed by atoms with E-state index in [0.29, 0.717) is 30.6 Å². The summed E-state index contributed by atoms with van der Waals surface area (Å²) in [5.41, 5.74) is 3.05. The fourth-order valence-corrected chi connectivity index (χ4v) is 4.49. The molecule has 0 radical (unpaired) electrons. The van der Waals surface area contributed by atoms with Gasteiger partial charge in [-0.15, -0.1) is 0 Å². The summed E-state index contributed by atoms with van der Waals surface area (Å²) < 4.78 is 0. The van der Waals surface area contributed by atoms with Gasteiger partial charge in [-0.1, -0.05) is 24.3 Å².